The van der Waals surface area contributed by atoms with Gasteiger partial charge in [0.2, 0.25) is 0 Å². The van der Waals surface area contributed by atoms with Gasteiger partial charge in [-0.25, -0.2) is 0 Å². The first-order chi connectivity index (χ1) is 6.40. The van der Waals surface area contributed by atoms with Crippen molar-refractivity contribution in [2.75, 3.05) is 12.3 Å². The summed E-state index contributed by atoms with van der Waals surface area (Å²) in [5.74, 6) is 1.24. The highest BCUT2D eigenvalue weighted by Gasteiger charge is 2.18. The van der Waals surface area contributed by atoms with Crippen LogP contribution in [0.15, 0.2) is 15.7 Å². The van der Waals surface area contributed by atoms with E-state index in [0.717, 1.165) is 6.54 Å². The summed E-state index contributed by atoms with van der Waals surface area (Å²) in [6.07, 6.45) is 2.46. The Morgan fingerprint density at radius 1 is 1.57 bits per heavy atom. The Labute approximate surface area is 100 Å². The summed E-state index contributed by atoms with van der Waals surface area (Å²) in [4.78, 5) is 0. The minimum atomic E-state index is 0. The zero-order valence-electron chi connectivity index (χ0n) is 8.29. The molecule has 0 radical (unpaired) electrons. The monoisotopic (exact) mass is 249 g/mol. The zero-order valence-corrected chi connectivity index (χ0v) is 10.7. The smallest absolute Gasteiger partial charge is 0.0631 e. The van der Waals surface area contributed by atoms with Gasteiger partial charge >= 0.3 is 0 Å². The second kappa shape index (κ2) is 6.01. The fourth-order valence-electron chi connectivity index (χ4n) is 1.58. The molecule has 1 aromatic rings. The van der Waals surface area contributed by atoms with Crippen molar-refractivity contribution >= 4 is 35.5 Å². The minimum Gasteiger partial charge on any atom is -0.313 e. The Balaban J connectivity index is 0.000000980. The molecule has 0 saturated carbocycles. The van der Waals surface area contributed by atoms with Crippen molar-refractivity contribution in [1.29, 1.82) is 0 Å². The molecule has 0 fully saturated rings. The molecule has 2 heterocycles. The third-order valence-corrected chi connectivity index (χ3v) is 4.76. The molecule has 0 aliphatic carbocycles. The molecule has 1 unspecified atom stereocenters. The van der Waals surface area contributed by atoms with Gasteiger partial charge in [-0.2, -0.15) is 0 Å². The first-order valence-electron chi connectivity index (χ1n) is 4.82. The molecule has 1 atom stereocenters. The van der Waals surface area contributed by atoms with Crippen LogP contribution in [0, 0.1) is 0 Å². The van der Waals surface area contributed by atoms with Gasteiger partial charge in [0.1, 0.15) is 0 Å². The van der Waals surface area contributed by atoms with Crippen LogP contribution in [-0.2, 0) is 6.42 Å². The van der Waals surface area contributed by atoms with Gasteiger partial charge in [0.25, 0.3) is 0 Å². The van der Waals surface area contributed by atoms with Crippen molar-refractivity contribution in [2.24, 2.45) is 0 Å². The van der Waals surface area contributed by atoms with Crippen LogP contribution in [0.1, 0.15) is 18.9 Å². The maximum absolute atomic E-state index is 3.59. The minimum absolute atomic E-state index is 0. The van der Waals surface area contributed by atoms with E-state index in [1.54, 1.807) is 5.56 Å². The van der Waals surface area contributed by atoms with Crippen molar-refractivity contribution in [3.63, 3.8) is 0 Å². The van der Waals surface area contributed by atoms with E-state index in [1.165, 1.54) is 22.8 Å². The Hall–Kier alpha value is 0.300. The number of fused-ring (bicyclic) bond motifs is 1. The molecule has 0 saturated heterocycles. The van der Waals surface area contributed by atoms with E-state index in [-0.39, 0.29) is 12.4 Å². The normalized spacial score (nSPS) is 19.9. The second-order valence-electron chi connectivity index (χ2n) is 3.40. The van der Waals surface area contributed by atoms with Gasteiger partial charge < -0.3 is 5.32 Å². The topological polar surface area (TPSA) is 12.0 Å². The highest BCUT2D eigenvalue weighted by molar-refractivity contribution is 8.01. The number of nitrogens with one attached hydrogen (secondary N) is 1. The van der Waals surface area contributed by atoms with Crippen molar-refractivity contribution in [3.05, 3.63) is 17.0 Å². The van der Waals surface area contributed by atoms with Crippen LogP contribution in [0.3, 0.4) is 0 Å². The van der Waals surface area contributed by atoms with Gasteiger partial charge in [0.15, 0.2) is 0 Å². The maximum Gasteiger partial charge on any atom is 0.0631 e. The summed E-state index contributed by atoms with van der Waals surface area (Å²) in [5.41, 5.74) is 1.55. The van der Waals surface area contributed by atoms with E-state index in [1.807, 2.05) is 23.1 Å². The third-order valence-electron chi connectivity index (χ3n) is 2.27. The summed E-state index contributed by atoms with van der Waals surface area (Å²) in [6, 6.07) is 2.97. The predicted octanol–water partition coefficient (Wildman–Crippen LogP) is 3.19. The fourth-order valence-corrected chi connectivity index (χ4v) is 3.81. The largest absolute Gasteiger partial charge is 0.313 e. The van der Waals surface area contributed by atoms with E-state index < -0.39 is 0 Å². The summed E-state index contributed by atoms with van der Waals surface area (Å²) >= 11 is 3.90. The average Bonchev–Trinajstić information content (AvgIpc) is 2.61. The summed E-state index contributed by atoms with van der Waals surface area (Å²) in [5, 5.41) is 5.79. The number of halogens is 1. The predicted molar refractivity (Wildman–Crippen MR) is 68.1 cm³/mol. The number of thiophene rings is 1. The Bertz CT molecular complexity index is 275. The molecule has 0 aromatic carbocycles. The van der Waals surface area contributed by atoms with Crippen LogP contribution in [0.25, 0.3) is 0 Å². The van der Waals surface area contributed by atoms with Crippen molar-refractivity contribution < 1.29 is 0 Å². The summed E-state index contributed by atoms with van der Waals surface area (Å²) in [7, 11) is 0. The van der Waals surface area contributed by atoms with Gasteiger partial charge in [-0.05, 0) is 36.4 Å². The van der Waals surface area contributed by atoms with Gasteiger partial charge in [0, 0.05) is 11.8 Å². The Kier molecular flexibility index (Phi) is 5.31. The number of hydrogen-bond acceptors (Lipinski definition) is 3. The summed E-state index contributed by atoms with van der Waals surface area (Å²) < 4.78 is 1.54. The quantitative estimate of drug-likeness (QED) is 0.883. The molecule has 1 nitrogen and oxygen atoms in total. The van der Waals surface area contributed by atoms with Gasteiger partial charge in [-0.3, -0.25) is 0 Å². The van der Waals surface area contributed by atoms with E-state index >= 15 is 0 Å². The Morgan fingerprint density at radius 2 is 2.43 bits per heavy atom. The van der Waals surface area contributed by atoms with Gasteiger partial charge in [-0.1, -0.05) is 6.92 Å². The maximum atomic E-state index is 3.59. The molecule has 14 heavy (non-hydrogen) atoms. The molecule has 0 amide bonds. The number of thioether (sulfide) groups is 1. The van der Waals surface area contributed by atoms with Crippen LogP contribution >= 0.6 is 35.5 Å². The molecule has 4 heteroatoms. The standard InChI is InChI=1S/C10H15NS2.ClH/c1-2-4-11-9-6-8-3-5-12-10(8)13-7-9;/h3,5,9,11H,2,4,6-7H2,1H3;1H. The molecule has 0 spiro atoms. The molecule has 1 aliphatic heterocycles. The molecular weight excluding hydrogens is 234 g/mol. The lowest BCUT2D eigenvalue weighted by atomic mass is 10.1. The molecule has 80 valence electrons. The zero-order chi connectivity index (χ0) is 9.10. The highest BCUT2D eigenvalue weighted by Crippen LogP contribution is 2.34. The van der Waals surface area contributed by atoms with Crippen molar-refractivity contribution in [2.45, 2.75) is 30.0 Å². The second-order valence-corrected chi connectivity index (χ2v) is 5.60. The first-order valence-corrected chi connectivity index (χ1v) is 6.69. The highest BCUT2D eigenvalue weighted by atomic mass is 35.5. The molecule has 1 N–H and O–H groups in total. The SMILES string of the molecule is CCCNC1CSc2sccc2C1.Cl. The lowest BCUT2D eigenvalue weighted by Gasteiger charge is -2.22. The van der Waals surface area contributed by atoms with Crippen molar-refractivity contribution in [3.8, 4) is 0 Å². The molecule has 1 aliphatic rings. The van der Waals surface area contributed by atoms with Gasteiger partial charge in [0.05, 0.1) is 4.21 Å². The molecular formula is C10H16ClNS2. The van der Waals surface area contributed by atoms with Crippen molar-refractivity contribution in [1.82, 2.24) is 5.32 Å². The average molecular weight is 250 g/mol. The molecule has 0 bridgehead atoms. The first kappa shape index (κ1) is 12.4. The number of hydrogen-bond donors (Lipinski definition) is 1. The van der Waals surface area contributed by atoms with Crippen LogP contribution in [-0.4, -0.2) is 18.3 Å². The van der Waals surface area contributed by atoms with Crippen LogP contribution < -0.4 is 5.32 Å². The third kappa shape index (κ3) is 2.89. The van der Waals surface area contributed by atoms with Gasteiger partial charge in [-0.15, -0.1) is 35.5 Å². The van der Waals surface area contributed by atoms with E-state index in [4.69, 9.17) is 0 Å². The summed E-state index contributed by atoms with van der Waals surface area (Å²) in [6.45, 7) is 3.38. The van der Waals surface area contributed by atoms with E-state index in [0.29, 0.717) is 6.04 Å². The van der Waals surface area contributed by atoms with E-state index in [9.17, 15) is 0 Å². The number of rotatable bonds is 3. The lowest BCUT2D eigenvalue weighted by Crippen LogP contribution is -2.35. The van der Waals surface area contributed by atoms with Crippen LogP contribution in [0.2, 0.25) is 0 Å². The Morgan fingerprint density at radius 3 is 3.21 bits per heavy atom. The molecule has 1 aromatic heterocycles. The fraction of sp³-hybridized carbons (Fsp3) is 0.600. The molecule has 2 rings (SSSR count). The van der Waals surface area contributed by atoms with Crippen LogP contribution in [0.4, 0.5) is 0 Å². The van der Waals surface area contributed by atoms with E-state index in [2.05, 4.69) is 23.7 Å². The lowest BCUT2D eigenvalue weighted by molar-refractivity contribution is 0.544. The van der Waals surface area contributed by atoms with Crippen LogP contribution in [0.5, 0.6) is 0 Å².